The van der Waals surface area contributed by atoms with E-state index in [9.17, 15) is 18.4 Å². The number of nitrogens with one attached hydrogen (secondary N) is 1. The maximum Gasteiger partial charge on any atom is 0.225 e. The summed E-state index contributed by atoms with van der Waals surface area (Å²) in [4.78, 5) is 26.8. The van der Waals surface area contributed by atoms with Gasteiger partial charge in [-0.25, -0.2) is 8.78 Å². The highest BCUT2D eigenvalue weighted by Gasteiger charge is 2.40. The summed E-state index contributed by atoms with van der Waals surface area (Å²) in [5.41, 5.74) is 1.16. The van der Waals surface area contributed by atoms with Gasteiger partial charge in [0, 0.05) is 25.1 Å². The lowest BCUT2D eigenvalue weighted by Gasteiger charge is -2.40. The molecule has 0 unspecified atom stereocenters. The van der Waals surface area contributed by atoms with Gasteiger partial charge in [-0.15, -0.1) is 0 Å². The zero-order valence-electron chi connectivity index (χ0n) is 15.8. The van der Waals surface area contributed by atoms with Gasteiger partial charge in [-0.05, 0) is 43.5 Å². The summed E-state index contributed by atoms with van der Waals surface area (Å²) in [5.74, 6) is -1.54. The molecule has 6 heteroatoms. The zero-order chi connectivity index (χ0) is 20.1. The number of benzene rings is 2. The quantitative estimate of drug-likeness (QED) is 0.824. The standard InChI is InChI=1S/C22H24F2N2O2/c1-2-26-20(27)11-10-18(21(26)17-8-3-4-9-19(17)24)22(28)25-13-12-15-6-5-7-16(23)14-15/h3-9,14,18,21H,2,10-13H2,1H3,(H,25,28)/t18-,21+/m1/s1. The Morgan fingerprint density at radius 2 is 1.96 bits per heavy atom. The molecule has 1 aliphatic heterocycles. The fourth-order valence-electron chi connectivity index (χ4n) is 3.85. The van der Waals surface area contributed by atoms with Gasteiger partial charge in [0.1, 0.15) is 11.6 Å². The molecule has 1 saturated heterocycles. The topological polar surface area (TPSA) is 49.4 Å². The molecular weight excluding hydrogens is 362 g/mol. The molecule has 0 radical (unpaired) electrons. The molecule has 1 heterocycles. The number of piperidine rings is 1. The first-order chi connectivity index (χ1) is 13.5. The minimum Gasteiger partial charge on any atom is -0.355 e. The molecule has 0 aromatic heterocycles. The maximum absolute atomic E-state index is 14.5. The van der Waals surface area contributed by atoms with E-state index >= 15 is 0 Å². The lowest BCUT2D eigenvalue weighted by molar-refractivity contribution is -0.143. The molecule has 1 N–H and O–H groups in total. The van der Waals surface area contributed by atoms with Gasteiger partial charge in [-0.3, -0.25) is 9.59 Å². The van der Waals surface area contributed by atoms with E-state index in [1.165, 1.54) is 18.2 Å². The highest BCUT2D eigenvalue weighted by atomic mass is 19.1. The van der Waals surface area contributed by atoms with Gasteiger partial charge in [0.15, 0.2) is 0 Å². The van der Waals surface area contributed by atoms with Crippen molar-refractivity contribution in [2.75, 3.05) is 13.1 Å². The number of hydrogen-bond donors (Lipinski definition) is 1. The first-order valence-electron chi connectivity index (χ1n) is 9.57. The summed E-state index contributed by atoms with van der Waals surface area (Å²) < 4.78 is 27.7. The van der Waals surface area contributed by atoms with Crippen molar-refractivity contribution < 1.29 is 18.4 Å². The van der Waals surface area contributed by atoms with Crippen LogP contribution in [0.25, 0.3) is 0 Å². The Hall–Kier alpha value is -2.76. The van der Waals surface area contributed by atoms with E-state index in [-0.39, 0.29) is 24.1 Å². The molecule has 2 atom stereocenters. The Balaban J connectivity index is 1.74. The molecule has 2 aromatic rings. The highest BCUT2D eigenvalue weighted by Crippen LogP contribution is 2.37. The molecular formula is C22H24F2N2O2. The Morgan fingerprint density at radius 1 is 1.18 bits per heavy atom. The summed E-state index contributed by atoms with van der Waals surface area (Å²) in [6.07, 6.45) is 1.14. The average molecular weight is 386 g/mol. The molecule has 0 bridgehead atoms. The molecule has 1 aliphatic rings. The Morgan fingerprint density at radius 3 is 2.68 bits per heavy atom. The molecule has 1 fully saturated rings. The van der Waals surface area contributed by atoms with E-state index in [0.29, 0.717) is 31.5 Å². The van der Waals surface area contributed by atoms with Crippen molar-refractivity contribution in [2.45, 2.75) is 32.2 Å². The smallest absolute Gasteiger partial charge is 0.225 e. The largest absolute Gasteiger partial charge is 0.355 e. The number of hydrogen-bond acceptors (Lipinski definition) is 2. The van der Waals surface area contributed by atoms with E-state index < -0.39 is 17.8 Å². The number of rotatable bonds is 6. The minimum atomic E-state index is -0.624. The second-order valence-corrected chi connectivity index (χ2v) is 6.96. The van der Waals surface area contributed by atoms with Crippen LogP contribution in [0, 0.1) is 17.6 Å². The van der Waals surface area contributed by atoms with Crippen molar-refractivity contribution in [1.29, 1.82) is 0 Å². The lowest BCUT2D eigenvalue weighted by atomic mass is 9.83. The Labute approximate surface area is 163 Å². The summed E-state index contributed by atoms with van der Waals surface area (Å²) in [6.45, 7) is 2.59. The number of carbonyl (C=O) groups excluding carboxylic acids is 2. The number of likely N-dealkylation sites (tertiary alicyclic amines) is 1. The normalized spacial score (nSPS) is 19.5. The van der Waals surface area contributed by atoms with E-state index in [4.69, 9.17) is 0 Å². The molecule has 0 aliphatic carbocycles. The van der Waals surface area contributed by atoms with Crippen LogP contribution in [-0.2, 0) is 16.0 Å². The second kappa shape index (κ2) is 8.95. The van der Waals surface area contributed by atoms with Crippen molar-refractivity contribution in [1.82, 2.24) is 10.2 Å². The van der Waals surface area contributed by atoms with E-state index in [1.807, 2.05) is 6.92 Å². The summed E-state index contributed by atoms with van der Waals surface area (Å²) >= 11 is 0. The van der Waals surface area contributed by atoms with Crippen LogP contribution in [0.4, 0.5) is 8.78 Å². The fourth-order valence-corrected chi connectivity index (χ4v) is 3.85. The van der Waals surface area contributed by atoms with Crippen molar-refractivity contribution in [2.24, 2.45) is 5.92 Å². The molecule has 28 heavy (non-hydrogen) atoms. The third-order valence-electron chi connectivity index (χ3n) is 5.21. The lowest BCUT2D eigenvalue weighted by Crippen LogP contribution is -2.48. The first kappa shape index (κ1) is 20.0. The van der Waals surface area contributed by atoms with Crippen LogP contribution in [0.5, 0.6) is 0 Å². The van der Waals surface area contributed by atoms with Crippen molar-refractivity contribution >= 4 is 11.8 Å². The predicted octanol–water partition coefficient (Wildman–Crippen LogP) is 3.62. The maximum atomic E-state index is 14.5. The van der Waals surface area contributed by atoms with E-state index in [0.717, 1.165) is 5.56 Å². The van der Waals surface area contributed by atoms with Gasteiger partial charge in [0.2, 0.25) is 11.8 Å². The van der Waals surface area contributed by atoms with Crippen LogP contribution in [0.1, 0.15) is 36.9 Å². The number of amides is 2. The van der Waals surface area contributed by atoms with Crippen LogP contribution in [-0.4, -0.2) is 29.8 Å². The van der Waals surface area contributed by atoms with Crippen LogP contribution in [0.3, 0.4) is 0 Å². The van der Waals surface area contributed by atoms with Gasteiger partial charge in [-0.1, -0.05) is 30.3 Å². The van der Waals surface area contributed by atoms with Crippen LogP contribution >= 0.6 is 0 Å². The Kier molecular flexibility index (Phi) is 6.39. The average Bonchev–Trinajstić information content (AvgIpc) is 2.68. The van der Waals surface area contributed by atoms with Gasteiger partial charge in [-0.2, -0.15) is 0 Å². The zero-order valence-corrected chi connectivity index (χ0v) is 15.8. The summed E-state index contributed by atoms with van der Waals surface area (Å²) in [7, 11) is 0. The SMILES string of the molecule is CCN1C(=O)CC[C@@H](C(=O)NCCc2cccc(F)c2)[C@@H]1c1ccccc1F. The summed E-state index contributed by atoms with van der Waals surface area (Å²) in [6, 6.07) is 11.9. The molecule has 4 nitrogen and oxygen atoms in total. The number of nitrogens with zero attached hydrogens (tertiary/aromatic N) is 1. The first-order valence-corrected chi connectivity index (χ1v) is 9.57. The summed E-state index contributed by atoms with van der Waals surface area (Å²) in [5, 5.41) is 2.88. The van der Waals surface area contributed by atoms with Crippen LogP contribution in [0.2, 0.25) is 0 Å². The number of halogens is 2. The van der Waals surface area contributed by atoms with E-state index in [1.54, 1.807) is 35.2 Å². The monoisotopic (exact) mass is 386 g/mol. The van der Waals surface area contributed by atoms with Crippen molar-refractivity contribution in [3.05, 3.63) is 71.3 Å². The second-order valence-electron chi connectivity index (χ2n) is 6.96. The van der Waals surface area contributed by atoms with E-state index in [2.05, 4.69) is 5.32 Å². The Bertz CT molecular complexity index is 856. The molecule has 148 valence electrons. The third-order valence-corrected chi connectivity index (χ3v) is 5.21. The van der Waals surface area contributed by atoms with Crippen molar-refractivity contribution in [3.63, 3.8) is 0 Å². The van der Waals surface area contributed by atoms with Crippen molar-refractivity contribution in [3.8, 4) is 0 Å². The van der Waals surface area contributed by atoms with Gasteiger partial charge < -0.3 is 10.2 Å². The molecule has 2 amide bonds. The van der Waals surface area contributed by atoms with Gasteiger partial charge in [0.25, 0.3) is 0 Å². The van der Waals surface area contributed by atoms with Gasteiger partial charge >= 0.3 is 0 Å². The molecule has 0 spiro atoms. The molecule has 3 rings (SSSR count). The van der Waals surface area contributed by atoms with Crippen LogP contribution < -0.4 is 5.32 Å². The molecule has 0 saturated carbocycles. The van der Waals surface area contributed by atoms with Gasteiger partial charge in [0.05, 0.1) is 12.0 Å². The minimum absolute atomic E-state index is 0.0698. The van der Waals surface area contributed by atoms with Crippen LogP contribution in [0.15, 0.2) is 48.5 Å². The highest BCUT2D eigenvalue weighted by molar-refractivity contribution is 5.85. The fraction of sp³-hybridized carbons (Fsp3) is 0.364. The third kappa shape index (κ3) is 4.38. The molecule has 2 aromatic carbocycles. The predicted molar refractivity (Wildman–Crippen MR) is 102 cm³/mol. The number of carbonyl (C=O) groups is 2.